The molecular weight excluding hydrogens is 292 g/mol. The molecule has 1 unspecified atom stereocenters. The maximum absolute atomic E-state index is 13.5. The van der Waals surface area contributed by atoms with E-state index in [1.165, 1.54) is 17.7 Å². The molecule has 22 heavy (non-hydrogen) atoms. The SMILES string of the molecule is CC(C(=O)O)n1c(-c2cccnc2)nc2cc(F)c(F)cc21. The molecule has 7 heteroatoms. The summed E-state index contributed by atoms with van der Waals surface area (Å²) in [4.78, 5) is 19.5. The van der Waals surface area contributed by atoms with Crippen molar-refractivity contribution >= 4 is 17.0 Å². The molecule has 0 bridgehead atoms. The molecule has 0 fully saturated rings. The lowest BCUT2D eigenvalue weighted by Crippen LogP contribution is -2.16. The van der Waals surface area contributed by atoms with Gasteiger partial charge >= 0.3 is 5.97 Å². The van der Waals surface area contributed by atoms with Gasteiger partial charge in [0.05, 0.1) is 11.0 Å². The number of rotatable bonds is 3. The number of halogens is 2. The molecule has 5 nitrogen and oxygen atoms in total. The lowest BCUT2D eigenvalue weighted by Gasteiger charge is -2.13. The molecule has 1 atom stereocenters. The van der Waals surface area contributed by atoms with Crippen molar-refractivity contribution in [2.24, 2.45) is 0 Å². The van der Waals surface area contributed by atoms with Gasteiger partial charge in [-0.1, -0.05) is 0 Å². The molecule has 2 aromatic heterocycles. The van der Waals surface area contributed by atoms with E-state index in [0.29, 0.717) is 11.4 Å². The van der Waals surface area contributed by atoms with Gasteiger partial charge in [-0.2, -0.15) is 0 Å². The summed E-state index contributed by atoms with van der Waals surface area (Å²) < 4.78 is 28.3. The van der Waals surface area contributed by atoms with E-state index in [1.54, 1.807) is 18.3 Å². The van der Waals surface area contributed by atoms with Gasteiger partial charge in [0.25, 0.3) is 0 Å². The van der Waals surface area contributed by atoms with Gasteiger partial charge in [-0.05, 0) is 19.1 Å². The van der Waals surface area contributed by atoms with Gasteiger partial charge in [0.15, 0.2) is 11.6 Å². The summed E-state index contributed by atoms with van der Waals surface area (Å²) in [5.41, 5.74) is 0.964. The fourth-order valence-corrected chi connectivity index (χ4v) is 2.29. The Balaban J connectivity index is 2.36. The Labute approximate surface area is 123 Å². The first-order valence-corrected chi connectivity index (χ1v) is 6.49. The predicted octanol–water partition coefficient (Wildman–Crippen LogP) is 3.02. The number of carboxylic acids is 1. The second-order valence-electron chi connectivity index (χ2n) is 4.82. The molecule has 2 heterocycles. The normalized spacial score (nSPS) is 12.5. The van der Waals surface area contributed by atoms with Crippen LogP contribution in [-0.4, -0.2) is 25.6 Å². The summed E-state index contributed by atoms with van der Waals surface area (Å²) in [6.07, 6.45) is 3.08. The van der Waals surface area contributed by atoms with Gasteiger partial charge in [0.2, 0.25) is 0 Å². The van der Waals surface area contributed by atoms with Crippen LogP contribution in [0.15, 0.2) is 36.7 Å². The van der Waals surface area contributed by atoms with Gasteiger partial charge in [-0.15, -0.1) is 0 Å². The third-order valence-electron chi connectivity index (χ3n) is 3.40. The number of hydrogen-bond acceptors (Lipinski definition) is 3. The topological polar surface area (TPSA) is 68.0 Å². The smallest absolute Gasteiger partial charge is 0.326 e. The zero-order valence-electron chi connectivity index (χ0n) is 11.5. The summed E-state index contributed by atoms with van der Waals surface area (Å²) in [6.45, 7) is 1.45. The maximum Gasteiger partial charge on any atom is 0.326 e. The van der Waals surface area contributed by atoms with Crippen LogP contribution in [-0.2, 0) is 4.79 Å². The molecule has 0 aliphatic heterocycles. The van der Waals surface area contributed by atoms with Crippen molar-refractivity contribution < 1.29 is 18.7 Å². The fraction of sp³-hybridized carbons (Fsp3) is 0.133. The van der Waals surface area contributed by atoms with Crippen LogP contribution in [0.3, 0.4) is 0 Å². The number of hydrogen-bond donors (Lipinski definition) is 1. The van der Waals surface area contributed by atoms with Crippen molar-refractivity contribution in [3.63, 3.8) is 0 Å². The molecule has 0 aliphatic carbocycles. The van der Waals surface area contributed by atoms with Crippen molar-refractivity contribution in [1.82, 2.24) is 14.5 Å². The van der Waals surface area contributed by atoms with Crippen LogP contribution in [0.1, 0.15) is 13.0 Å². The van der Waals surface area contributed by atoms with E-state index in [9.17, 15) is 18.7 Å². The quantitative estimate of drug-likeness (QED) is 0.807. The van der Waals surface area contributed by atoms with Crippen molar-refractivity contribution in [1.29, 1.82) is 0 Å². The van der Waals surface area contributed by atoms with E-state index in [-0.39, 0.29) is 11.0 Å². The third kappa shape index (κ3) is 2.20. The zero-order valence-corrected chi connectivity index (χ0v) is 11.5. The van der Waals surface area contributed by atoms with E-state index in [2.05, 4.69) is 9.97 Å². The molecule has 3 rings (SSSR count). The number of aromatic nitrogens is 3. The van der Waals surface area contributed by atoms with Gasteiger partial charge in [-0.25, -0.2) is 18.6 Å². The highest BCUT2D eigenvalue weighted by atomic mass is 19.2. The molecule has 0 saturated carbocycles. The summed E-state index contributed by atoms with van der Waals surface area (Å²) in [6, 6.07) is 4.29. The first kappa shape index (κ1) is 14.1. The van der Waals surface area contributed by atoms with Gasteiger partial charge in [-0.3, -0.25) is 4.98 Å². The number of imidazole rings is 1. The van der Waals surface area contributed by atoms with Crippen LogP contribution in [0.25, 0.3) is 22.4 Å². The highest BCUT2D eigenvalue weighted by molar-refractivity contribution is 5.84. The van der Waals surface area contributed by atoms with E-state index < -0.39 is 23.6 Å². The Morgan fingerprint density at radius 1 is 1.32 bits per heavy atom. The first-order chi connectivity index (χ1) is 10.5. The standard InChI is InChI=1S/C15H11F2N3O2/c1-8(15(21)22)20-13-6-11(17)10(16)5-12(13)19-14(20)9-3-2-4-18-7-9/h2-8H,1H3,(H,21,22). The largest absolute Gasteiger partial charge is 0.480 e. The Hall–Kier alpha value is -2.83. The average Bonchev–Trinajstić information content (AvgIpc) is 2.86. The molecule has 112 valence electrons. The van der Waals surface area contributed by atoms with Crippen LogP contribution < -0.4 is 0 Å². The summed E-state index contributed by atoms with van der Waals surface area (Å²) >= 11 is 0. The number of nitrogens with zero attached hydrogens (tertiary/aromatic N) is 3. The molecule has 0 spiro atoms. The van der Waals surface area contributed by atoms with Gasteiger partial charge in [0, 0.05) is 30.1 Å². The summed E-state index contributed by atoms with van der Waals surface area (Å²) in [5, 5.41) is 9.28. The van der Waals surface area contributed by atoms with Gasteiger partial charge in [0.1, 0.15) is 11.9 Å². The number of pyridine rings is 1. The molecular formula is C15H11F2N3O2. The number of fused-ring (bicyclic) bond motifs is 1. The van der Waals surface area contributed by atoms with E-state index in [0.717, 1.165) is 12.1 Å². The van der Waals surface area contributed by atoms with Crippen LogP contribution in [0, 0.1) is 11.6 Å². The fourth-order valence-electron chi connectivity index (χ4n) is 2.29. The predicted molar refractivity (Wildman–Crippen MR) is 75.2 cm³/mol. The van der Waals surface area contributed by atoms with Crippen LogP contribution in [0.5, 0.6) is 0 Å². The maximum atomic E-state index is 13.5. The van der Waals surface area contributed by atoms with Crippen LogP contribution in [0.2, 0.25) is 0 Å². The molecule has 3 aromatic rings. The van der Waals surface area contributed by atoms with Crippen molar-refractivity contribution in [2.45, 2.75) is 13.0 Å². The zero-order chi connectivity index (χ0) is 15.9. The molecule has 0 aliphatic rings. The minimum Gasteiger partial charge on any atom is -0.480 e. The van der Waals surface area contributed by atoms with Crippen LogP contribution >= 0.6 is 0 Å². The highest BCUT2D eigenvalue weighted by Crippen LogP contribution is 2.29. The number of benzene rings is 1. The van der Waals surface area contributed by atoms with E-state index in [1.807, 2.05) is 0 Å². The number of aliphatic carboxylic acids is 1. The Morgan fingerprint density at radius 3 is 2.68 bits per heavy atom. The Kier molecular flexibility index (Phi) is 3.32. The monoisotopic (exact) mass is 303 g/mol. The molecule has 1 aromatic carbocycles. The molecule has 0 amide bonds. The van der Waals surface area contributed by atoms with E-state index in [4.69, 9.17) is 0 Å². The summed E-state index contributed by atoms with van der Waals surface area (Å²) in [5.74, 6) is -2.89. The van der Waals surface area contributed by atoms with Crippen molar-refractivity contribution in [2.75, 3.05) is 0 Å². The van der Waals surface area contributed by atoms with E-state index >= 15 is 0 Å². The Morgan fingerprint density at radius 2 is 2.05 bits per heavy atom. The lowest BCUT2D eigenvalue weighted by atomic mass is 10.2. The molecule has 0 saturated heterocycles. The first-order valence-electron chi connectivity index (χ1n) is 6.49. The molecule has 1 N–H and O–H groups in total. The second-order valence-corrected chi connectivity index (χ2v) is 4.82. The average molecular weight is 303 g/mol. The number of carboxylic acid groups (broad SMARTS) is 1. The lowest BCUT2D eigenvalue weighted by molar-refractivity contribution is -0.140. The van der Waals surface area contributed by atoms with Crippen LogP contribution in [0.4, 0.5) is 8.78 Å². The van der Waals surface area contributed by atoms with Crippen molar-refractivity contribution in [3.05, 3.63) is 48.3 Å². The van der Waals surface area contributed by atoms with Crippen molar-refractivity contribution in [3.8, 4) is 11.4 Å². The minimum absolute atomic E-state index is 0.186. The van der Waals surface area contributed by atoms with Gasteiger partial charge < -0.3 is 9.67 Å². The second kappa shape index (κ2) is 5.18. The third-order valence-corrected chi connectivity index (χ3v) is 3.40. The molecule has 0 radical (unpaired) electrons. The summed E-state index contributed by atoms with van der Waals surface area (Å²) in [7, 11) is 0. The highest BCUT2D eigenvalue weighted by Gasteiger charge is 2.23. The number of carbonyl (C=O) groups is 1. The Bertz CT molecular complexity index is 862. The minimum atomic E-state index is -1.10.